The van der Waals surface area contributed by atoms with Gasteiger partial charge in [0.15, 0.2) is 11.6 Å². The summed E-state index contributed by atoms with van der Waals surface area (Å²) >= 11 is 0. The van der Waals surface area contributed by atoms with Crippen LogP contribution in [0.3, 0.4) is 0 Å². The average molecular weight is 267 g/mol. The zero-order valence-corrected chi connectivity index (χ0v) is 10.9. The number of ether oxygens (including phenoxy) is 1. The van der Waals surface area contributed by atoms with Crippen molar-refractivity contribution in [1.82, 2.24) is 4.90 Å². The van der Waals surface area contributed by atoms with Crippen LogP contribution in [0, 0.1) is 5.82 Å². The number of halogens is 1. The summed E-state index contributed by atoms with van der Waals surface area (Å²) in [6.45, 7) is 1.47. The van der Waals surface area contributed by atoms with Gasteiger partial charge in [-0.3, -0.25) is 0 Å². The molecule has 1 aliphatic heterocycles. The van der Waals surface area contributed by atoms with Crippen LogP contribution in [0.25, 0.3) is 0 Å². The molecule has 104 valence electrons. The molecule has 0 aliphatic carbocycles. The molecule has 1 aliphatic rings. The lowest BCUT2D eigenvalue weighted by Gasteiger charge is -2.32. The molecule has 1 fully saturated rings. The molecule has 1 aromatic rings. The second kappa shape index (κ2) is 6.02. The van der Waals surface area contributed by atoms with Gasteiger partial charge in [-0.2, -0.15) is 0 Å². The predicted octanol–water partition coefficient (Wildman–Crippen LogP) is 2.39. The SMILES string of the molecule is CN1CCCCC1COc1ccc(C(=O)O)cc1F. The third-order valence-electron chi connectivity index (χ3n) is 3.53. The number of hydrogen-bond acceptors (Lipinski definition) is 3. The van der Waals surface area contributed by atoms with Crippen LogP contribution in [0.1, 0.15) is 29.6 Å². The minimum atomic E-state index is -1.14. The smallest absolute Gasteiger partial charge is 0.335 e. The Morgan fingerprint density at radius 2 is 2.32 bits per heavy atom. The van der Waals surface area contributed by atoms with Crippen LogP contribution in [0.5, 0.6) is 5.75 Å². The van der Waals surface area contributed by atoms with Gasteiger partial charge < -0.3 is 14.7 Å². The van der Waals surface area contributed by atoms with Crippen LogP contribution in [0.2, 0.25) is 0 Å². The lowest BCUT2D eigenvalue weighted by atomic mass is 10.0. The van der Waals surface area contributed by atoms with E-state index in [1.165, 1.54) is 25.0 Å². The van der Waals surface area contributed by atoms with E-state index >= 15 is 0 Å². The fourth-order valence-electron chi connectivity index (χ4n) is 2.29. The number of benzene rings is 1. The molecule has 1 N–H and O–H groups in total. The Morgan fingerprint density at radius 3 is 2.95 bits per heavy atom. The van der Waals surface area contributed by atoms with E-state index in [1.54, 1.807) is 0 Å². The van der Waals surface area contributed by atoms with Crippen molar-refractivity contribution in [3.63, 3.8) is 0 Å². The van der Waals surface area contributed by atoms with Crippen molar-refractivity contribution in [2.24, 2.45) is 0 Å². The minimum absolute atomic E-state index is 0.0698. The fraction of sp³-hybridized carbons (Fsp3) is 0.500. The topological polar surface area (TPSA) is 49.8 Å². The molecule has 0 aromatic heterocycles. The number of carbonyl (C=O) groups is 1. The maximum absolute atomic E-state index is 13.7. The van der Waals surface area contributed by atoms with Crippen molar-refractivity contribution in [1.29, 1.82) is 0 Å². The molecule has 1 aromatic carbocycles. The summed E-state index contributed by atoms with van der Waals surface area (Å²) in [6.07, 6.45) is 3.40. The molecule has 0 bridgehead atoms. The molecule has 5 heteroatoms. The number of likely N-dealkylation sites (N-methyl/N-ethyl adjacent to an activating group) is 1. The maximum atomic E-state index is 13.7. The highest BCUT2D eigenvalue weighted by Crippen LogP contribution is 2.21. The van der Waals surface area contributed by atoms with Gasteiger partial charge in [-0.25, -0.2) is 9.18 Å². The molecule has 1 heterocycles. The molecule has 0 amide bonds. The predicted molar refractivity (Wildman–Crippen MR) is 69.1 cm³/mol. The molecular formula is C14H18FNO3. The van der Waals surface area contributed by atoms with E-state index in [0.717, 1.165) is 19.0 Å². The zero-order valence-electron chi connectivity index (χ0n) is 10.9. The van der Waals surface area contributed by atoms with Gasteiger partial charge in [0, 0.05) is 6.04 Å². The van der Waals surface area contributed by atoms with E-state index in [-0.39, 0.29) is 11.3 Å². The lowest BCUT2D eigenvalue weighted by Crippen LogP contribution is -2.40. The Bertz CT molecular complexity index is 464. The first kappa shape index (κ1) is 13.8. The summed E-state index contributed by atoms with van der Waals surface area (Å²) in [5, 5.41) is 8.75. The highest BCUT2D eigenvalue weighted by Gasteiger charge is 2.20. The summed E-state index contributed by atoms with van der Waals surface area (Å²) in [4.78, 5) is 12.9. The Morgan fingerprint density at radius 1 is 1.53 bits per heavy atom. The molecule has 0 radical (unpaired) electrons. The normalized spacial score (nSPS) is 20.2. The summed E-state index contributed by atoms with van der Waals surface area (Å²) < 4.78 is 19.1. The molecule has 0 saturated carbocycles. The Balaban J connectivity index is 1.97. The van der Waals surface area contributed by atoms with Gasteiger partial charge in [-0.1, -0.05) is 6.42 Å². The molecule has 0 spiro atoms. The van der Waals surface area contributed by atoms with Crippen molar-refractivity contribution in [3.05, 3.63) is 29.6 Å². The van der Waals surface area contributed by atoms with Crippen molar-refractivity contribution >= 4 is 5.97 Å². The third kappa shape index (κ3) is 3.44. The second-order valence-electron chi connectivity index (χ2n) is 4.89. The molecule has 1 atom stereocenters. The van der Waals surface area contributed by atoms with E-state index in [0.29, 0.717) is 12.6 Å². The van der Waals surface area contributed by atoms with E-state index in [9.17, 15) is 9.18 Å². The molecule has 19 heavy (non-hydrogen) atoms. The Labute approximate surface area is 111 Å². The highest BCUT2D eigenvalue weighted by molar-refractivity contribution is 5.87. The van der Waals surface area contributed by atoms with E-state index in [1.807, 2.05) is 7.05 Å². The zero-order chi connectivity index (χ0) is 13.8. The summed E-state index contributed by atoms with van der Waals surface area (Å²) in [5.41, 5.74) is -0.0698. The van der Waals surface area contributed by atoms with Gasteiger partial charge in [0.25, 0.3) is 0 Å². The van der Waals surface area contributed by atoms with Gasteiger partial charge in [-0.15, -0.1) is 0 Å². The van der Waals surface area contributed by atoms with Crippen molar-refractivity contribution in [3.8, 4) is 5.75 Å². The fourth-order valence-corrected chi connectivity index (χ4v) is 2.29. The first-order valence-electron chi connectivity index (χ1n) is 6.44. The van der Waals surface area contributed by atoms with E-state index in [2.05, 4.69) is 4.90 Å². The van der Waals surface area contributed by atoms with Crippen LogP contribution in [0.15, 0.2) is 18.2 Å². The quantitative estimate of drug-likeness (QED) is 0.910. The lowest BCUT2D eigenvalue weighted by molar-refractivity contribution is 0.0696. The van der Waals surface area contributed by atoms with Crippen molar-refractivity contribution < 1.29 is 19.0 Å². The molecule has 4 nitrogen and oxygen atoms in total. The van der Waals surface area contributed by atoms with Gasteiger partial charge in [0.05, 0.1) is 5.56 Å². The van der Waals surface area contributed by atoms with Gasteiger partial charge >= 0.3 is 5.97 Å². The van der Waals surface area contributed by atoms with Crippen molar-refractivity contribution in [2.75, 3.05) is 20.2 Å². The largest absolute Gasteiger partial charge is 0.489 e. The monoisotopic (exact) mass is 267 g/mol. The Hall–Kier alpha value is -1.62. The molecule has 2 rings (SSSR count). The number of likely N-dealkylation sites (tertiary alicyclic amines) is 1. The third-order valence-corrected chi connectivity index (χ3v) is 3.53. The van der Waals surface area contributed by atoms with Crippen molar-refractivity contribution in [2.45, 2.75) is 25.3 Å². The highest BCUT2D eigenvalue weighted by atomic mass is 19.1. The van der Waals surface area contributed by atoms with Gasteiger partial charge in [-0.05, 0) is 44.6 Å². The van der Waals surface area contributed by atoms with Gasteiger partial charge in [0.1, 0.15) is 6.61 Å². The number of carboxylic acid groups (broad SMARTS) is 1. The number of hydrogen-bond donors (Lipinski definition) is 1. The van der Waals surface area contributed by atoms with E-state index < -0.39 is 11.8 Å². The first-order valence-corrected chi connectivity index (χ1v) is 6.44. The standard InChI is InChI=1S/C14H18FNO3/c1-16-7-3-2-4-11(16)9-19-13-6-5-10(14(17)18)8-12(13)15/h5-6,8,11H,2-4,7,9H2,1H3,(H,17,18). The van der Waals surface area contributed by atoms with Crippen LogP contribution in [0.4, 0.5) is 4.39 Å². The minimum Gasteiger partial charge on any atom is -0.489 e. The number of aromatic carboxylic acids is 1. The van der Waals surface area contributed by atoms with E-state index in [4.69, 9.17) is 9.84 Å². The molecule has 1 saturated heterocycles. The van der Waals surface area contributed by atoms with Crippen LogP contribution in [-0.4, -0.2) is 42.2 Å². The average Bonchev–Trinajstić information content (AvgIpc) is 2.39. The number of rotatable bonds is 4. The van der Waals surface area contributed by atoms with Gasteiger partial charge in [0.2, 0.25) is 0 Å². The second-order valence-corrected chi connectivity index (χ2v) is 4.89. The Kier molecular flexibility index (Phi) is 4.37. The van der Waals surface area contributed by atoms with Crippen LogP contribution in [-0.2, 0) is 0 Å². The number of piperidine rings is 1. The molecule has 1 unspecified atom stereocenters. The van der Waals surface area contributed by atoms with Crippen LogP contribution >= 0.6 is 0 Å². The summed E-state index contributed by atoms with van der Waals surface area (Å²) in [5.74, 6) is -1.65. The molecular weight excluding hydrogens is 249 g/mol. The summed E-state index contributed by atoms with van der Waals surface area (Å²) in [7, 11) is 2.04. The number of nitrogens with zero attached hydrogens (tertiary/aromatic N) is 1. The maximum Gasteiger partial charge on any atom is 0.335 e. The van der Waals surface area contributed by atoms with Crippen LogP contribution < -0.4 is 4.74 Å². The number of carboxylic acids is 1. The summed E-state index contributed by atoms with van der Waals surface area (Å²) in [6, 6.07) is 4.02. The first-order chi connectivity index (χ1) is 9.08.